The van der Waals surface area contributed by atoms with Gasteiger partial charge < -0.3 is 24.0 Å². The summed E-state index contributed by atoms with van der Waals surface area (Å²) in [7, 11) is 5.27. The van der Waals surface area contributed by atoms with Crippen molar-refractivity contribution >= 4 is 34.9 Å². The maximum Gasteiger partial charge on any atom is 0.225 e. The number of amides is 1. The molecule has 0 saturated carbocycles. The molecule has 42 heavy (non-hydrogen) atoms. The highest BCUT2D eigenvalue weighted by atomic mass is 35.5. The van der Waals surface area contributed by atoms with Gasteiger partial charge >= 0.3 is 0 Å². The number of amidine groups is 2. The lowest BCUT2D eigenvalue weighted by Crippen LogP contribution is -2.46. The highest BCUT2D eigenvalue weighted by molar-refractivity contribution is 6.31. The van der Waals surface area contributed by atoms with E-state index in [1.54, 1.807) is 31.3 Å². The molecule has 9 nitrogen and oxygen atoms in total. The van der Waals surface area contributed by atoms with Gasteiger partial charge in [0, 0.05) is 43.2 Å². The van der Waals surface area contributed by atoms with Crippen molar-refractivity contribution in [1.29, 1.82) is 10.8 Å². The largest absolute Gasteiger partial charge is 0.499 e. The molecule has 2 heterocycles. The number of rotatable bonds is 8. The number of fused-ring (bicyclic) bond motifs is 1. The minimum atomic E-state index is -0.765. The molecular weight excluding hydrogens is 554 g/mol. The van der Waals surface area contributed by atoms with Gasteiger partial charge in [0.2, 0.25) is 5.91 Å². The molecule has 0 bridgehead atoms. The molecule has 10 heteroatoms. The van der Waals surface area contributed by atoms with Gasteiger partial charge in [0.15, 0.2) is 0 Å². The van der Waals surface area contributed by atoms with E-state index in [1.165, 1.54) is 0 Å². The van der Waals surface area contributed by atoms with Gasteiger partial charge in [-0.2, -0.15) is 0 Å². The third-order valence-electron chi connectivity index (χ3n) is 7.12. The SMILES string of the molecule is C=C(OC)C(C)OC.C=CCC1OC(CC(=O)N2CCCN(C)CC2)C(=N)N(C(=N)C(C)C)c2ccc(Cl)cc21.CC. The number of hydrogen-bond donors (Lipinski definition) is 2. The van der Waals surface area contributed by atoms with Gasteiger partial charge in [0.25, 0.3) is 0 Å². The van der Waals surface area contributed by atoms with Crippen LogP contribution >= 0.6 is 11.6 Å². The van der Waals surface area contributed by atoms with Crippen molar-refractivity contribution in [2.75, 3.05) is 52.3 Å². The second-order valence-corrected chi connectivity index (χ2v) is 10.8. The van der Waals surface area contributed by atoms with Crippen molar-refractivity contribution in [2.45, 2.75) is 72.2 Å². The van der Waals surface area contributed by atoms with Crippen LogP contribution in [0.4, 0.5) is 5.69 Å². The number of anilines is 1. The minimum absolute atomic E-state index is 0.000000000000000444. The zero-order valence-electron chi connectivity index (χ0n) is 26.8. The second-order valence-electron chi connectivity index (χ2n) is 10.4. The maximum absolute atomic E-state index is 13.2. The zero-order chi connectivity index (χ0) is 32.0. The lowest BCUT2D eigenvalue weighted by Gasteiger charge is -2.30. The van der Waals surface area contributed by atoms with Crippen LogP contribution in [-0.4, -0.2) is 87.0 Å². The topological polar surface area (TPSA) is 102 Å². The van der Waals surface area contributed by atoms with Crippen molar-refractivity contribution in [3.8, 4) is 0 Å². The Labute approximate surface area is 258 Å². The fourth-order valence-electron chi connectivity index (χ4n) is 4.47. The fraction of sp³-hybridized carbons (Fsp3) is 0.594. The predicted octanol–water partition coefficient (Wildman–Crippen LogP) is 6.53. The van der Waals surface area contributed by atoms with Crippen LogP contribution in [-0.2, 0) is 19.0 Å². The van der Waals surface area contributed by atoms with Crippen LogP contribution < -0.4 is 4.90 Å². The summed E-state index contributed by atoms with van der Waals surface area (Å²) in [4.78, 5) is 18.9. The van der Waals surface area contributed by atoms with Gasteiger partial charge in [-0.1, -0.05) is 52.0 Å². The van der Waals surface area contributed by atoms with E-state index in [2.05, 4.69) is 25.1 Å². The standard InChI is InChI=1S/C24H34ClN5O2.C6H12O2.C2H6/c1-5-7-20-18-14-17(25)8-9-19(18)30(23(26)16(2)3)24(27)21(32-20)15-22(31)29-11-6-10-28(4)12-13-29;1-5(7-3)6(2)8-4;1-2/h5,8-9,14,16,20-21,26-27H,1,6-7,10-13,15H2,2-4H3;6H,1H2,2-4H3;1-2H3. The summed E-state index contributed by atoms with van der Waals surface area (Å²) < 4.78 is 16.0. The number of benzene rings is 1. The average Bonchev–Trinajstić information content (AvgIpc) is 3.26. The second kappa shape index (κ2) is 18.7. The van der Waals surface area contributed by atoms with Crippen LogP contribution in [0.2, 0.25) is 5.02 Å². The third-order valence-corrected chi connectivity index (χ3v) is 7.36. The van der Waals surface area contributed by atoms with Gasteiger partial charge in [-0.3, -0.25) is 20.5 Å². The number of nitrogens with zero attached hydrogens (tertiary/aromatic N) is 3. The molecule has 3 atom stereocenters. The van der Waals surface area contributed by atoms with E-state index in [9.17, 15) is 4.79 Å². The number of hydrogen-bond acceptors (Lipinski definition) is 7. The zero-order valence-corrected chi connectivity index (χ0v) is 27.6. The molecule has 2 aliphatic rings. The Morgan fingerprint density at radius 2 is 1.83 bits per heavy atom. The molecule has 3 unspecified atom stereocenters. The Kier molecular flexibility index (Phi) is 16.6. The van der Waals surface area contributed by atoms with Crippen LogP contribution in [0.15, 0.2) is 43.2 Å². The first-order valence-corrected chi connectivity index (χ1v) is 15.1. The van der Waals surface area contributed by atoms with Crippen LogP contribution in [0.5, 0.6) is 0 Å². The smallest absolute Gasteiger partial charge is 0.225 e. The molecule has 1 saturated heterocycles. The molecule has 0 radical (unpaired) electrons. The quantitative estimate of drug-likeness (QED) is 0.151. The first kappa shape index (κ1) is 37.3. The van der Waals surface area contributed by atoms with Crippen molar-refractivity contribution in [3.05, 3.63) is 53.8 Å². The van der Waals surface area contributed by atoms with Crippen LogP contribution in [0, 0.1) is 16.7 Å². The van der Waals surface area contributed by atoms with Crippen molar-refractivity contribution < 1.29 is 19.0 Å². The van der Waals surface area contributed by atoms with Crippen LogP contribution in [0.3, 0.4) is 0 Å². The molecule has 1 aromatic carbocycles. The molecule has 236 valence electrons. The molecule has 0 spiro atoms. The summed E-state index contributed by atoms with van der Waals surface area (Å²) >= 11 is 6.30. The number of halogens is 1. The Morgan fingerprint density at radius 1 is 1.17 bits per heavy atom. The van der Waals surface area contributed by atoms with E-state index in [0.29, 0.717) is 36.0 Å². The number of carbonyl (C=O) groups excluding carboxylic acids is 1. The molecule has 0 aliphatic carbocycles. The normalized spacial score (nSPS) is 19.6. The molecular formula is C32H52ClN5O4. The fourth-order valence-corrected chi connectivity index (χ4v) is 4.65. The summed E-state index contributed by atoms with van der Waals surface area (Å²) in [6, 6.07) is 5.42. The van der Waals surface area contributed by atoms with Gasteiger partial charge in [-0.15, -0.1) is 6.58 Å². The molecule has 3 rings (SSSR count). The van der Waals surface area contributed by atoms with Gasteiger partial charge in [-0.25, -0.2) is 0 Å². The van der Waals surface area contributed by atoms with E-state index >= 15 is 0 Å². The molecule has 2 aliphatic heterocycles. The minimum Gasteiger partial charge on any atom is -0.499 e. The van der Waals surface area contributed by atoms with Gasteiger partial charge in [0.1, 0.15) is 29.6 Å². The van der Waals surface area contributed by atoms with Crippen molar-refractivity contribution in [3.63, 3.8) is 0 Å². The number of likely N-dealkylation sites (N-methyl/N-ethyl adjacent to an activating group) is 1. The molecule has 1 fully saturated rings. The molecule has 1 amide bonds. The van der Waals surface area contributed by atoms with Gasteiger partial charge in [-0.05, 0) is 51.6 Å². The van der Waals surface area contributed by atoms with E-state index in [4.69, 9.17) is 36.6 Å². The highest BCUT2D eigenvalue weighted by Gasteiger charge is 2.37. The van der Waals surface area contributed by atoms with Gasteiger partial charge in [0.05, 0.1) is 25.3 Å². The highest BCUT2D eigenvalue weighted by Crippen LogP contribution is 2.39. The van der Waals surface area contributed by atoms with E-state index in [-0.39, 0.29) is 36.0 Å². The lowest BCUT2D eigenvalue weighted by molar-refractivity contribution is -0.133. The summed E-state index contributed by atoms with van der Waals surface area (Å²) in [6.07, 6.45) is 2.12. The first-order chi connectivity index (χ1) is 19.9. The summed E-state index contributed by atoms with van der Waals surface area (Å²) in [5.74, 6) is 0.932. The van der Waals surface area contributed by atoms with E-state index in [0.717, 1.165) is 25.1 Å². The Bertz CT molecular complexity index is 1060. The Hall–Kier alpha value is -2.72. The first-order valence-electron chi connectivity index (χ1n) is 14.7. The van der Waals surface area contributed by atoms with E-state index in [1.807, 2.05) is 51.7 Å². The number of ether oxygens (including phenoxy) is 3. The third kappa shape index (κ3) is 10.5. The van der Waals surface area contributed by atoms with Crippen molar-refractivity contribution in [1.82, 2.24) is 9.80 Å². The number of carbonyl (C=O) groups is 1. The lowest BCUT2D eigenvalue weighted by atomic mass is 10.0. The monoisotopic (exact) mass is 605 g/mol. The Balaban J connectivity index is 0.000000762. The summed E-state index contributed by atoms with van der Waals surface area (Å²) in [5, 5.41) is 18.3. The predicted molar refractivity (Wildman–Crippen MR) is 174 cm³/mol. The Morgan fingerprint density at radius 3 is 2.38 bits per heavy atom. The molecule has 1 aromatic rings. The number of nitrogens with one attached hydrogen (secondary N) is 2. The summed E-state index contributed by atoms with van der Waals surface area (Å²) in [5.41, 5.74) is 1.51. The van der Waals surface area contributed by atoms with E-state index < -0.39 is 12.2 Å². The average molecular weight is 606 g/mol. The maximum atomic E-state index is 13.2. The molecule has 2 N–H and O–H groups in total. The molecule has 0 aromatic heterocycles. The number of methoxy groups -OCH3 is 2. The summed E-state index contributed by atoms with van der Waals surface area (Å²) in [6.45, 7) is 20.4. The van der Waals surface area contributed by atoms with Crippen LogP contribution in [0.1, 0.15) is 65.5 Å². The van der Waals surface area contributed by atoms with Crippen LogP contribution in [0.25, 0.3) is 0 Å². The van der Waals surface area contributed by atoms with Crippen molar-refractivity contribution in [2.24, 2.45) is 5.92 Å².